The third-order valence-electron chi connectivity index (χ3n) is 2.45. The second-order valence-electron chi connectivity index (χ2n) is 3.96. The van der Waals surface area contributed by atoms with Gasteiger partial charge in [-0.1, -0.05) is 0 Å². The number of hydrogen-bond donors (Lipinski definition) is 2. The molecule has 1 fully saturated rings. The van der Waals surface area contributed by atoms with Crippen molar-refractivity contribution in [3.8, 4) is 0 Å². The smallest absolute Gasteiger partial charge is 0.213 e. The van der Waals surface area contributed by atoms with E-state index in [9.17, 15) is 13.5 Å². The van der Waals surface area contributed by atoms with Gasteiger partial charge < -0.3 is 5.11 Å². The Kier molecular flexibility index (Phi) is 3.88. The molecule has 1 rings (SSSR count). The maximum absolute atomic E-state index is 11.1. The van der Waals surface area contributed by atoms with Gasteiger partial charge in [0, 0.05) is 13.1 Å². The standard InChI is InChI=1S/C8H18N2O3S/c1-7(11)5-10-4-2-3-8(6-10)14(9,12)13/h7-8,11H,2-6H2,1H3,(H2,9,12,13). The average Bonchev–Trinajstić information content (AvgIpc) is 2.01. The van der Waals surface area contributed by atoms with E-state index in [-0.39, 0.29) is 0 Å². The van der Waals surface area contributed by atoms with Crippen molar-refractivity contribution in [2.45, 2.75) is 31.1 Å². The first-order valence-electron chi connectivity index (χ1n) is 4.81. The van der Waals surface area contributed by atoms with Crippen LogP contribution in [0.4, 0.5) is 0 Å². The van der Waals surface area contributed by atoms with E-state index >= 15 is 0 Å². The van der Waals surface area contributed by atoms with Gasteiger partial charge in [0.15, 0.2) is 0 Å². The summed E-state index contributed by atoms with van der Waals surface area (Å²) in [5.41, 5.74) is 0. The molecule has 3 N–H and O–H groups in total. The SMILES string of the molecule is CC(O)CN1CCCC(S(N)(=O)=O)C1. The van der Waals surface area contributed by atoms with Crippen LogP contribution in [0.2, 0.25) is 0 Å². The molecule has 2 atom stereocenters. The fourth-order valence-corrected chi connectivity index (χ4v) is 2.73. The number of primary sulfonamides is 1. The van der Waals surface area contributed by atoms with Crippen molar-refractivity contribution in [3.63, 3.8) is 0 Å². The molecule has 0 radical (unpaired) electrons. The van der Waals surface area contributed by atoms with E-state index in [0.29, 0.717) is 19.5 Å². The van der Waals surface area contributed by atoms with E-state index in [0.717, 1.165) is 13.0 Å². The summed E-state index contributed by atoms with van der Waals surface area (Å²) in [6.07, 6.45) is 1.04. The molecule has 0 bridgehead atoms. The molecule has 2 unspecified atom stereocenters. The minimum absolute atomic E-state index is 0.422. The largest absolute Gasteiger partial charge is 0.392 e. The van der Waals surface area contributed by atoms with Crippen LogP contribution >= 0.6 is 0 Å². The van der Waals surface area contributed by atoms with Crippen molar-refractivity contribution >= 4 is 10.0 Å². The predicted octanol–water partition coefficient (Wildman–Crippen LogP) is -0.880. The quantitative estimate of drug-likeness (QED) is 0.649. The molecule has 1 aliphatic heterocycles. The molecule has 6 heteroatoms. The minimum Gasteiger partial charge on any atom is -0.392 e. The maximum atomic E-state index is 11.1. The van der Waals surface area contributed by atoms with E-state index in [1.165, 1.54) is 0 Å². The summed E-state index contributed by atoms with van der Waals surface area (Å²) in [5.74, 6) is 0. The summed E-state index contributed by atoms with van der Waals surface area (Å²) in [4.78, 5) is 1.95. The lowest BCUT2D eigenvalue weighted by Crippen LogP contribution is -2.46. The molecule has 0 spiro atoms. The van der Waals surface area contributed by atoms with Gasteiger partial charge in [-0.15, -0.1) is 0 Å². The maximum Gasteiger partial charge on any atom is 0.213 e. The summed E-state index contributed by atoms with van der Waals surface area (Å²) in [7, 11) is -3.42. The van der Waals surface area contributed by atoms with Gasteiger partial charge in [0.05, 0.1) is 11.4 Å². The molecule has 84 valence electrons. The van der Waals surface area contributed by atoms with Crippen molar-refractivity contribution < 1.29 is 13.5 Å². The first kappa shape index (κ1) is 11.9. The van der Waals surface area contributed by atoms with Gasteiger partial charge in [0.2, 0.25) is 10.0 Å². The number of rotatable bonds is 3. The number of hydrogen-bond acceptors (Lipinski definition) is 4. The highest BCUT2D eigenvalue weighted by molar-refractivity contribution is 7.89. The number of β-amino-alcohol motifs (C(OH)–C–C–N with tert-alkyl or cyclic N) is 1. The lowest BCUT2D eigenvalue weighted by Gasteiger charge is -2.32. The highest BCUT2D eigenvalue weighted by Gasteiger charge is 2.28. The van der Waals surface area contributed by atoms with E-state index in [1.807, 2.05) is 4.90 Å². The second-order valence-corrected chi connectivity index (χ2v) is 5.81. The Bertz CT molecular complexity index is 276. The molecule has 0 aromatic carbocycles. The van der Waals surface area contributed by atoms with Crippen molar-refractivity contribution in [1.29, 1.82) is 0 Å². The van der Waals surface area contributed by atoms with Crippen LogP contribution in [0.1, 0.15) is 19.8 Å². The molecule has 14 heavy (non-hydrogen) atoms. The van der Waals surface area contributed by atoms with Crippen LogP contribution in [0, 0.1) is 0 Å². The number of aliphatic hydroxyl groups is 1. The summed E-state index contributed by atoms with van der Waals surface area (Å²) >= 11 is 0. The molecule has 1 aliphatic rings. The van der Waals surface area contributed by atoms with E-state index in [2.05, 4.69) is 0 Å². The molecule has 0 aromatic heterocycles. The number of aliphatic hydroxyl groups excluding tert-OH is 1. The Morgan fingerprint density at radius 1 is 1.64 bits per heavy atom. The fourth-order valence-electron chi connectivity index (χ4n) is 1.82. The van der Waals surface area contributed by atoms with Gasteiger partial charge in [-0.25, -0.2) is 13.6 Å². The lowest BCUT2D eigenvalue weighted by atomic mass is 10.1. The van der Waals surface area contributed by atoms with Crippen molar-refractivity contribution in [3.05, 3.63) is 0 Å². The van der Waals surface area contributed by atoms with Gasteiger partial charge in [0.25, 0.3) is 0 Å². The van der Waals surface area contributed by atoms with Crippen LogP contribution < -0.4 is 5.14 Å². The van der Waals surface area contributed by atoms with Crippen molar-refractivity contribution in [1.82, 2.24) is 4.90 Å². The third kappa shape index (κ3) is 3.53. The zero-order valence-electron chi connectivity index (χ0n) is 8.39. The molecule has 0 amide bonds. The number of piperidine rings is 1. The number of sulfonamides is 1. The molecule has 1 saturated heterocycles. The summed E-state index contributed by atoms with van der Waals surface area (Å²) < 4.78 is 22.2. The van der Waals surface area contributed by atoms with E-state index < -0.39 is 21.4 Å². The predicted molar refractivity (Wildman–Crippen MR) is 54.3 cm³/mol. The molecule has 1 heterocycles. The van der Waals surface area contributed by atoms with E-state index in [4.69, 9.17) is 5.14 Å². The summed E-state index contributed by atoms with van der Waals surface area (Å²) in [5, 5.41) is 13.8. The monoisotopic (exact) mass is 222 g/mol. The fraction of sp³-hybridized carbons (Fsp3) is 1.00. The average molecular weight is 222 g/mol. The Morgan fingerprint density at radius 2 is 2.29 bits per heavy atom. The first-order valence-corrected chi connectivity index (χ1v) is 6.42. The van der Waals surface area contributed by atoms with Crippen LogP contribution in [-0.2, 0) is 10.0 Å². The van der Waals surface area contributed by atoms with Crippen LogP contribution in [0.3, 0.4) is 0 Å². The normalized spacial score (nSPS) is 27.5. The number of likely N-dealkylation sites (tertiary alicyclic amines) is 1. The lowest BCUT2D eigenvalue weighted by molar-refractivity contribution is 0.115. The Hall–Kier alpha value is -0.170. The van der Waals surface area contributed by atoms with Crippen LogP contribution in [0.25, 0.3) is 0 Å². The Morgan fingerprint density at radius 3 is 2.79 bits per heavy atom. The molecule has 0 aliphatic carbocycles. The van der Waals surface area contributed by atoms with Gasteiger partial charge >= 0.3 is 0 Å². The summed E-state index contributed by atoms with van der Waals surface area (Å²) in [6.45, 7) is 3.51. The second kappa shape index (κ2) is 4.57. The molecule has 5 nitrogen and oxygen atoms in total. The molecule has 0 aromatic rings. The first-order chi connectivity index (χ1) is 6.39. The minimum atomic E-state index is -3.42. The molecular weight excluding hydrogens is 204 g/mol. The Balaban J connectivity index is 2.52. The highest BCUT2D eigenvalue weighted by atomic mass is 32.2. The van der Waals surface area contributed by atoms with Crippen LogP contribution in [-0.4, -0.2) is 49.4 Å². The Labute approximate surface area is 84.9 Å². The molecular formula is C8H18N2O3S. The van der Waals surface area contributed by atoms with Gasteiger partial charge in [-0.3, -0.25) is 4.90 Å². The van der Waals surface area contributed by atoms with Gasteiger partial charge in [0.1, 0.15) is 0 Å². The highest BCUT2D eigenvalue weighted by Crippen LogP contribution is 2.15. The third-order valence-corrected chi connectivity index (χ3v) is 3.76. The van der Waals surface area contributed by atoms with E-state index in [1.54, 1.807) is 6.92 Å². The van der Waals surface area contributed by atoms with Gasteiger partial charge in [-0.2, -0.15) is 0 Å². The zero-order chi connectivity index (χ0) is 10.8. The number of nitrogens with zero attached hydrogens (tertiary/aromatic N) is 1. The van der Waals surface area contributed by atoms with Crippen molar-refractivity contribution in [2.24, 2.45) is 5.14 Å². The number of nitrogens with two attached hydrogens (primary N) is 1. The summed E-state index contributed by atoms with van der Waals surface area (Å²) in [6, 6.07) is 0. The van der Waals surface area contributed by atoms with Crippen LogP contribution in [0.15, 0.2) is 0 Å². The molecule has 0 saturated carbocycles. The van der Waals surface area contributed by atoms with Crippen LogP contribution in [0.5, 0.6) is 0 Å². The zero-order valence-corrected chi connectivity index (χ0v) is 9.20. The van der Waals surface area contributed by atoms with Crippen molar-refractivity contribution in [2.75, 3.05) is 19.6 Å². The topological polar surface area (TPSA) is 83.6 Å². The van der Waals surface area contributed by atoms with Gasteiger partial charge in [-0.05, 0) is 26.3 Å².